The molecule has 0 aromatic carbocycles. The lowest BCUT2D eigenvalue weighted by Gasteiger charge is -2.00. The standard InChI is InChI=1S/C8H9IN4S/c1-5-11-2-6(14-5)4-13-8(10)7(9)3-12-13/h2-3H,4,10H2,1H3. The van der Waals surface area contributed by atoms with E-state index in [9.17, 15) is 0 Å². The van der Waals surface area contributed by atoms with E-state index in [-0.39, 0.29) is 0 Å². The molecule has 0 saturated heterocycles. The molecule has 2 aromatic heterocycles. The fourth-order valence-corrected chi connectivity index (χ4v) is 2.30. The number of rotatable bonds is 2. The molecule has 4 nitrogen and oxygen atoms in total. The van der Waals surface area contributed by atoms with Gasteiger partial charge in [-0.05, 0) is 29.5 Å². The van der Waals surface area contributed by atoms with E-state index in [0.29, 0.717) is 6.54 Å². The van der Waals surface area contributed by atoms with Crippen molar-refractivity contribution in [2.75, 3.05) is 5.73 Å². The first-order valence-corrected chi connectivity index (χ1v) is 5.94. The van der Waals surface area contributed by atoms with Gasteiger partial charge in [0, 0.05) is 11.1 Å². The molecule has 0 aliphatic heterocycles. The summed E-state index contributed by atoms with van der Waals surface area (Å²) < 4.78 is 2.78. The molecule has 0 radical (unpaired) electrons. The van der Waals surface area contributed by atoms with E-state index < -0.39 is 0 Å². The molecule has 0 amide bonds. The molecule has 2 aromatic rings. The topological polar surface area (TPSA) is 56.7 Å². The average Bonchev–Trinajstić information content (AvgIpc) is 2.67. The molecule has 0 aliphatic rings. The highest BCUT2D eigenvalue weighted by Gasteiger charge is 2.06. The Bertz CT molecular complexity index is 448. The maximum atomic E-state index is 5.83. The van der Waals surface area contributed by atoms with Gasteiger partial charge in [-0.3, -0.25) is 0 Å². The predicted molar refractivity (Wildman–Crippen MR) is 65.3 cm³/mol. The van der Waals surface area contributed by atoms with E-state index in [1.54, 1.807) is 22.2 Å². The van der Waals surface area contributed by atoms with E-state index in [1.807, 2.05) is 13.1 Å². The van der Waals surface area contributed by atoms with Gasteiger partial charge in [0.05, 0.1) is 21.3 Å². The third-order valence-corrected chi connectivity index (χ3v) is 3.54. The number of thiazole rings is 1. The minimum Gasteiger partial charge on any atom is -0.383 e. The summed E-state index contributed by atoms with van der Waals surface area (Å²) in [6, 6.07) is 0. The van der Waals surface area contributed by atoms with Crippen molar-refractivity contribution < 1.29 is 0 Å². The van der Waals surface area contributed by atoms with Crippen LogP contribution in [0.5, 0.6) is 0 Å². The largest absolute Gasteiger partial charge is 0.383 e. The highest BCUT2D eigenvalue weighted by atomic mass is 127. The van der Waals surface area contributed by atoms with Crippen LogP contribution in [0.25, 0.3) is 0 Å². The first kappa shape index (κ1) is 9.91. The molecular weight excluding hydrogens is 311 g/mol. The molecule has 0 aliphatic carbocycles. The maximum Gasteiger partial charge on any atom is 0.135 e. The molecule has 0 fully saturated rings. The van der Waals surface area contributed by atoms with E-state index in [2.05, 4.69) is 32.7 Å². The molecule has 0 unspecified atom stereocenters. The van der Waals surface area contributed by atoms with Crippen molar-refractivity contribution in [2.24, 2.45) is 0 Å². The molecular formula is C8H9IN4S. The maximum absolute atomic E-state index is 5.83. The third-order valence-electron chi connectivity index (χ3n) is 1.81. The van der Waals surface area contributed by atoms with Gasteiger partial charge >= 0.3 is 0 Å². The molecule has 2 heterocycles. The minimum absolute atomic E-state index is 0.709. The van der Waals surface area contributed by atoms with Crippen LogP contribution in [0.15, 0.2) is 12.4 Å². The molecule has 2 rings (SSSR count). The second-order valence-corrected chi connectivity index (χ2v) is 5.36. The van der Waals surface area contributed by atoms with Gasteiger partial charge in [-0.25, -0.2) is 9.67 Å². The SMILES string of the molecule is Cc1ncc(Cn2ncc(I)c2N)s1. The summed E-state index contributed by atoms with van der Waals surface area (Å²) in [4.78, 5) is 5.36. The van der Waals surface area contributed by atoms with Crippen molar-refractivity contribution >= 4 is 39.7 Å². The van der Waals surface area contributed by atoms with Crippen LogP contribution >= 0.6 is 33.9 Å². The zero-order chi connectivity index (χ0) is 10.1. The first-order chi connectivity index (χ1) is 6.66. The highest BCUT2D eigenvalue weighted by Crippen LogP contribution is 2.17. The second kappa shape index (κ2) is 3.85. The van der Waals surface area contributed by atoms with Crippen LogP contribution in [-0.2, 0) is 6.54 Å². The summed E-state index contributed by atoms with van der Waals surface area (Å²) in [5.74, 6) is 0.719. The number of nitrogens with two attached hydrogens (primary N) is 1. The summed E-state index contributed by atoms with van der Waals surface area (Å²) in [5.41, 5.74) is 5.83. The predicted octanol–water partition coefficient (Wildman–Crippen LogP) is 1.88. The molecule has 14 heavy (non-hydrogen) atoms. The van der Waals surface area contributed by atoms with Crippen molar-refractivity contribution in [3.8, 4) is 0 Å². The number of hydrogen-bond acceptors (Lipinski definition) is 4. The van der Waals surface area contributed by atoms with Crippen LogP contribution in [0.1, 0.15) is 9.88 Å². The van der Waals surface area contributed by atoms with Gasteiger partial charge in [-0.1, -0.05) is 0 Å². The van der Waals surface area contributed by atoms with E-state index in [1.165, 1.54) is 4.88 Å². The lowest BCUT2D eigenvalue weighted by molar-refractivity contribution is 0.704. The van der Waals surface area contributed by atoms with Crippen LogP contribution in [0.3, 0.4) is 0 Å². The highest BCUT2D eigenvalue weighted by molar-refractivity contribution is 14.1. The van der Waals surface area contributed by atoms with Crippen molar-refractivity contribution in [3.05, 3.63) is 25.8 Å². The zero-order valence-corrected chi connectivity index (χ0v) is 10.5. The van der Waals surface area contributed by atoms with Gasteiger partial charge in [0.25, 0.3) is 0 Å². The van der Waals surface area contributed by atoms with E-state index in [4.69, 9.17) is 5.73 Å². The second-order valence-electron chi connectivity index (χ2n) is 2.88. The Morgan fingerprint density at radius 3 is 2.86 bits per heavy atom. The summed E-state index contributed by atoms with van der Waals surface area (Å²) in [7, 11) is 0. The Balaban J connectivity index is 2.22. The number of aromatic nitrogens is 3. The first-order valence-electron chi connectivity index (χ1n) is 4.05. The lowest BCUT2D eigenvalue weighted by Crippen LogP contribution is -2.04. The molecule has 0 saturated carbocycles. The minimum atomic E-state index is 0.709. The summed E-state index contributed by atoms with van der Waals surface area (Å²) in [6.07, 6.45) is 3.64. The Labute approximate surface area is 99.3 Å². The Kier molecular flexibility index (Phi) is 2.73. The summed E-state index contributed by atoms with van der Waals surface area (Å²) in [5, 5.41) is 5.25. The summed E-state index contributed by atoms with van der Waals surface area (Å²) in [6.45, 7) is 2.70. The van der Waals surface area contributed by atoms with Gasteiger partial charge in [-0.2, -0.15) is 5.10 Å². The Hall–Kier alpha value is -0.630. The van der Waals surface area contributed by atoms with Gasteiger partial charge in [0.2, 0.25) is 0 Å². The monoisotopic (exact) mass is 320 g/mol. The van der Waals surface area contributed by atoms with Crippen LogP contribution in [0, 0.1) is 10.5 Å². The number of hydrogen-bond donors (Lipinski definition) is 1. The quantitative estimate of drug-likeness (QED) is 0.860. The molecule has 74 valence electrons. The number of aryl methyl sites for hydroxylation is 1. The van der Waals surface area contributed by atoms with E-state index in [0.717, 1.165) is 14.4 Å². The van der Waals surface area contributed by atoms with Crippen LogP contribution in [0.2, 0.25) is 0 Å². The smallest absolute Gasteiger partial charge is 0.135 e. The van der Waals surface area contributed by atoms with Crippen molar-refractivity contribution in [3.63, 3.8) is 0 Å². The van der Waals surface area contributed by atoms with Gasteiger partial charge in [-0.15, -0.1) is 11.3 Å². The average molecular weight is 320 g/mol. The Morgan fingerprint density at radius 2 is 2.36 bits per heavy atom. The number of nitrogens with zero attached hydrogens (tertiary/aromatic N) is 3. The number of anilines is 1. The van der Waals surface area contributed by atoms with Crippen molar-refractivity contribution in [2.45, 2.75) is 13.5 Å². The Morgan fingerprint density at radius 1 is 1.57 bits per heavy atom. The van der Waals surface area contributed by atoms with Crippen LogP contribution in [-0.4, -0.2) is 14.8 Å². The van der Waals surface area contributed by atoms with Crippen LogP contribution in [0.4, 0.5) is 5.82 Å². The number of halogens is 1. The molecule has 6 heteroatoms. The fraction of sp³-hybridized carbons (Fsp3) is 0.250. The van der Waals surface area contributed by atoms with Crippen molar-refractivity contribution in [1.29, 1.82) is 0 Å². The number of nitrogen functional groups attached to an aromatic ring is 1. The third kappa shape index (κ3) is 1.90. The van der Waals surface area contributed by atoms with Crippen molar-refractivity contribution in [1.82, 2.24) is 14.8 Å². The molecule has 0 atom stereocenters. The zero-order valence-electron chi connectivity index (χ0n) is 7.57. The molecule has 0 spiro atoms. The summed E-state index contributed by atoms with van der Waals surface area (Å²) >= 11 is 3.84. The van der Waals surface area contributed by atoms with Crippen LogP contribution < -0.4 is 5.73 Å². The molecule has 2 N–H and O–H groups in total. The van der Waals surface area contributed by atoms with Gasteiger partial charge in [0.1, 0.15) is 5.82 Å². The lowest BCUT2D eigenvalue weighted by atomic mass is 10.5. The fourth-order valence-electron chi connectivity index (χ4n) is 1.12. The normalized spacial score (nSPS) is 10.7. The van der Waals surface area contributed by atoms with Gasteiger partial charge < -0.3 is 5.73 Å². The van der Waals surface area contributed by atoms with Gasteiger partial charge in [0.15, 0.2) is 0 Å². The van der Waals surface area contributed by atoms with E-state index >= 15 is 0 Å². The molecule has 0 bridgehead atoms.